The third-order valence-electron chi connectivity index (χ3n) is 2.01. The Morgan fingerprint density at radius 3 is 2.32 bits per heavy atom. The minimum atomic E-state index is -4.52. The zero-order valence-electron chi connectivity index (χ0n) is 9.55. The monoisotopic (exact) mass is 278 g/mol. The van der Waals surface area contributed by atoms with Crippen LogP contribution in [-0.2, 0) is 4.79 Å². The molecule has 0 radical (unpaired) electrons. The molecule has 2 N–H and O–H groups in total. The Labute approximate surface area is 105 Å². The van der Waals surface area contributed by atoms with Gasteiger partial charge in [0.05, 0.1) is 12.1 Å². The van der Waals surface area contributed by atoms with Gasteiger partial charge in [0.15, 0.2) is 0 Å². The number of carbonyl (C=O) groups is 2. The maximum atomic E-state index is 13.2. The van der Waals surface area contributed by atoms with E-state index in [0.717, 1.165) is 6.07 Å². The topological polar surface area (TPSA) is 58.2 Å². The van der Waals surface area contributed by atoms with E-state index in [1.54, 1.807) is 5.32 Å². The highest BCUT2D eigenvalue weighted by molar-refractivity contribution is 5.96. The molecule has 8 heteroatoms. The fourth-order valence-corrected chi connectivity index (χ4v) is 1.16. The van der Waals surface area contributed by atoms with Gasteiger partial charge in [-0.05, 0) is 12.1 Å². The highest BCUT2D eigenvalue weighted by atomic mass is 19.4. The Morgan fingerprint density at radius 2 is 1.74 bits per heavy atom. The highest BCUT2D eigenvalue weighted by Gasteiger charge is 2.27. The van der Waals surface area contributed by atoms with Crippen molar-refractivity contribution in [1.82, 2.24) is 10.6 Å². The quantitative estimate of drug-likeness (QED) is 0.814. The third-order valence-corrected chi connectivity index (χ3v) is 2.01. The minimum Gasteiger partial charge on any atom is -0.345 e. The molecule has 1 rings (SSSR count). The third kappa shape index (κ3) is 5.36. The predicted octanol–water partition coefficient (Wildman–Crippen LogP) is 1.23. The van der Waals surface area contributed by atoms with Crippen LogP contribution in [0.5, 0.6) is 0 Å². The standard InChI is InChI=1S/C11H10F4N2O2/c12-8-4-2-1-3-7(8)10(19)16-5-9(18)17-6-11(13,14)15/h1-4H,5-6H2,(H,16,19)(H,17,18). The number of nitrogens with one attached hydrogen (secondary N) is 2. The van der Waals surface area contributed by atoms with Crippen molar-refractivity contribution in [1.29, 1.82) is 0 Å². The summed E-state index contributed by atoms with van der Waals surface area (Å²) in [6, 6.07) is 5.04. The summed E-state index contributed by atoms with van der Waals surface area (Å²) in [5.74, 6) is -2.67. The molecule has 104 valence electrons. The van der Waals surface area contributed by atoms with Crippen molar-refractivity contribution >= 4 is 11.8 Å². The molecule has 0 bridgehead atoms. The van der Waals surface area contributed by atoms with Gasteiger partial charge in [-0.25, -0.2) is 4.39 Å². The number of benzene rings is 1. The zero-order valence-corrected chi connectivity index (χ0v) is 9.55. The van der Waals surface area contributed by atoms with Crippen molar-refractivity contribution in [2.45, 2.75) is 6.18 Å². The van der Waals surface area contributed by atoms with Crippen LogP contribution in [0.1, 0.15) is 10.4 Å². The molecular weight excluding hydrogens is 268 g/mol. The van der Waals surface area contributed by atoms with Gasteiger partial charge in [0, 0.05) is 0 Å². The van der Waals surface area contributed by atoms with E-state index in [2.05, 4.69) is 0 Å². The second-order valence-corrected chi connectivity index (χ2v) is 3.55. The molecule has 0 saturated carbocycles. The van der Waals surface area contributed by atoms with Gasteiger partial charge in [-0.1, -0.05) is 12.1 Å². The molecule has 4 nitrogen and oxygen atoms in total. The number of amides is 2. The largest absolute Gasteiger partial charge is 0.405 e. The SMILES string of the molecule is O=C(CNC(=O)c1ccccc1F)NCC(F)(F)F. The number of alkyl halides is 3. The highest BCUT2D eigenvalue weighted by Crippen LogP contribution is 2.11. The summed E-state index contributed by atoms with van der Waals surface area (Å²) < 4.78 is 48.5. The number of carbonyl (C=O) groups excluding carboxylic acids is 2. The Balaban J connectivity index is 2.43. The van der Waals surface area contributed by atoms with E-state index in [9.17, 15) is 27.2 Å². The fraction of sp³-hybridized carbons (Fsp3) is 0.273. The van der Waals surface area contributed by atoms with E-state index in [-0.39, 0.29) is 5.56 Å². The second kappa shape index (κ2) is 6.17. The fourth-order valence-electron chi connectivity index (χ4n) is 1.16. The average Bonchev–Trinajstić information content (AvgIpc) is 2.33. The lowest BCUT2D eigenvalue weighted by molar-refractivity contribution is -0.137. The molecule has 0 unspecified atom stereocenters. The summed E-state index contributed by atoms with van der Waals surface area (Å²) >= 11 is 0. The van der Waals surface area contributed by atoms with E-state index in [1.165, 1.54) is 18.2 Å². The van der Waals surface area contributed by atoms with E-state index >= 15 is 0 Å². The van der Waals surface area contributed by atoms with Gasteiger partial charge in [-0.3, -0.25) is 9.59 Å². The van der Waals surface area contributed by atoms with Gasteiger partial charge in [0.2, 0.25) is 5.91 Å². The molecule has 0 aliphatic carbocycles. The molecule has 0 heterocycles. The van der Waals surface area contributed by atoms with Crippen molar-refractivity contribution in [3.63, 3.8) is 0 Å². The van der Waals surface area contributed by atoms with Crippen molar-refractivity contribution in [3.05, 3.63) is 35.6 Å². The summed E-state index contributed by atoms with van der Waals surface area (Å²) in [6.07, 6.45) is -4.52. The van der Waals surface area contributed by atoms with Gasteiger partial charge in [-0.15, -0.1) is 0 Å². The van der Waals surface area contributed by atoms with Crippen LogP contribution in [0.25, 0.3) is 0 Å². The van der Waals surface area contributed by atoms with Crippen molar-refractivity contribution in [2.75, 3.05) is 13.1 Å². The lowest BCUT2D eigenvalue weighted by Crippen LogP contribution is -2.41. The van der Waals surface area contributed by atoms with Crippen LogP contribution >= 0.6 is 0 Å². The van der Waals surface area contributed by atoms with Gasteiger partial charge < -0.3 is 10.6 Å². The Morgan fingerprint density at radius 1 is 1.11 bits per heavy atom. The maximum Gasteiger partial charge on any atom is 0.405 e. The van der Waals surface area contributed by atoms with Gasteiger partial charge in [-0.2, -0.15) is 13.2 Å². The molecule has 0 saturated heterocycles. The summed E-state index contributed by atoms with van der Waals surface area (Å²) in [5.41, 5.74) is -0.286. The van der Waals surface area contributed by atoms with Crippen molar-refractivity contribution in [2.24, 2.45) is 0 Å². The van der Waals surface area contributed by atoms with E-state index in [1.807, 2.05) is 5.32 Å². The van der Waals surface area contributed by atoms with Crippen LogP contribution in [0.2, 0.25) is 0 Å². The van der Waals surface area contributed by atoms with Gasteiger partial charge in [0.1, 0.15) is 12.4 Å². The first kappa shape index (κ1) is 14.9. The molecule has 0 aromatic heterocycles. The van der Waals surface area contributed by atoms with Crippen LogP contribution in [0.3, 0.4) is 0 Å². The lowest BCUT2D eigenvalue weighted by Gasteiger charge is -2.09. The molecule has 0 atom stereocenters. The van der Waals surface area contributed by atoms with Crippen molar-refractivity contribution < 1.29 is 27.2 Å². The second-order valence-electron chi connectivity index (χ2n) is 3.55. The molecule has 0 aliphatic rings. The van der Waals surface area contributed by atoms with Crippen LogP contribution in [0.15, 0.2) is 24.3 Å². The maximum absolute atomic E-state index is 13.2. The Bertz CT molecular complexity index is 474. The van der Waals surface area contributed by atoms with Crippen molar-refractivity contribution in [3.8, 4) is 0 Å². The molecule has 0 aliphatic heterocycles. The molecule has 2 amide bonds. The van der Waals surface area contributed by atoms with Crippen LogP contribution in [0, 0.1) is 5.82 Å². The number of hydrogen-bond donors (Lipinski definition) is 2. The van der Waals surface area contributed by atoms with Crippen LogP contribution < -0.4 is 10.6 Å². The average molecular weight is 278 g/mol. The smallest absolute Gasteiger partial charge is 0.345 e. The number of rotatable bonds is 4. The molecule has 0 fully saturated rings. The normalized spacial score (nSPS) is 10.9. The summed E-state index contributed by atoms with van der Waals surface area (Å²) in [5, 5.41) is 3.59. The lowest BCUT2D eigenvalue weighted by atomic mass is 10.2. The molecule has 1 aromatic rings. The summed E-state index contributed by atoms with van der Waals surface area (Å²) in [7, 11) is 0. The van der Waals surface area contributed by atoms with Crippen LogP contribution in [-0.4, -0.2) is 31.1 Å². The number of hydrogen-bond acceptors (Lipinski definition) is 2. The van der Waals surface area contributed by atoms with E-state index < -0.39 is 36.9 Å². The number of halogens is 4. The predicted molar refractivity (Wildman–Crippen MR) is 57.8 cm³/mol. The summed E-state index contributed by atoms with van der Waals surface area (Å²) in [6.45, 7) is -2.15. The minimum absolute atomic E-state index is 0.286. The zero-order chi connectivity index (χ0) is 14.5. The van der Waals surface area contributed by atoms with E-state index in [0.29, 0.717) is 0 Å². The first-order chi connectivity index (χ1) is 8.79. The molecule has 1 aromatic carbocycles. The van der Waals surface area contributed by atoms with Crippen LogP contribution in [0.4, 0.5) is 17.6 Å². The summed E-state index contributed by atoms with van der Waals surface area (Å²) in [4.78, 5) is 22.4. The van der Waals surface area contributed by atoms with Gasteiger partial charge in [0.25, 0.3) is 5.91 Å². The first-order valence-electron chi connectivity index (χ1n) is 5.16. The first-order valence-corrected chi connectivity index (χ1v) is 5.16. The molecular formula is C11H10F4N2O2. The molecule has 19 heavy (non-hydrogen) atoms. The van der Waals surface area contributed by atoms with Gasteiger partial charge >= 0.3 is 6.18 Å². The Kier molecular flexibility index (Phi) is 4.85. The Hall–Kier alpha value is -2.12. The van der Waals surface area contributed by atoms with E-state index in [4.69, 9.17) is 0 Å². The molecule has 0 spiro atoms.